The minimum atomic E-state index is -0.253. The predicted molar refractivity (Wildman–Crippen MR) is 40.9 cm³/mol. The fourth-order valence-electron chi connectivity index (χ4n) is 3.49. The van der Waals surface area contributed by atoms with Crippen LogP contribution in [0.4, 0.5) is 0 Å². The van der Waals surface area contributed by atoms with Crippen LogP contribution >= 0.6 is 0 Å². The van der Waals surface area contributed by atoms with Crippen molar-refractivity contribution < 1.29 is 5.11 Å². The van der Waals surface area contributed by atoms with Gasteiger partial charge in [-0.05, 0) is 19.4 Å². The summed E-state index contributed by atoms with van der Waals surface area (Å²) < 4.78 is 0. The van der Waals surface area contributed by atoms with Gasteiger partial charge in [-0.2, -0.15) is 0 Å². The van der Waals surface area contributed by atoms with Gasteiger partial charge in [0, 0.05) is 24.0 Å². The molecule has 0 aromatic heterocycles. The zero-order chi connectivity index (χ0) is 7.80. The minimum absolute atomic E-state index is 0.180. The first-order chi connectivity index (χ1) is 5.14. The average molecular weight is 154 g/mol. The van der Waals surface area contributed by atoms with Crippen molar-refractivity contribution >= 4 is 0 Å². The smallest absolute Gasteiger partial charge is 0.0881 e. The first kappa shape index (κ1) is 6.40. The molecule has 0 aromatic rings. The monoisotopic (exact) mass is 154 g/mol. The van der Waals surface area contributed by atoms with Gasteiger partial charge in [-0.15, -0.1) is 0 Å². The molecule has 0 radical (unpaired) electrons. The molecule has 62 valence electrons. The third kappa shape index (κ3) is 0.451. The fourth-order valence-corrected chi connectivity index (χ4v) is 3.49. The summed E-state index contributed by atoms with van der Waals surface area (Å²) in [5.74, 6) is 1.40. The molecule has 3 N–H and O–H groups in total. The number of aliphatic hydroxyl groups excluding tert-OH is 1. The Kier molecular flexibility index (Phi) is 0.866. The largest absolute Gasteiger partial charge is 0.390 e. The molecule has 2 saturated carbocycles. The van der Waals surface area contributed by atoms with Gasteiger partial charge in [0.1, 0.15) is 0 Å². The van der Waals surface area contributed by atoms with E-state index in [-0.39, 0.29) is 11.6 Å². The molecule has 3 rings (SSSR count). The Bertz CT molecular complexity index is 216. The number of likely N-dealkylation sites (N-methyl/N-ethyl adjacent to an activating group) is 1. The van der Waals surface area contributed by atoms with Crippen LogP contribution in [0.3, 0.4) is 0 Å². The maximum atomic E-state index is 9.69. The highest BCUT2D eigenvalue weighted by Gasteiger charge is 2.73. The van der Waals surface area contributed by atoms with Crippen molar-refractivity contribution in [1.82, 2.24) is 4.90 Å². The van der Waals surface area contributed by atoms with Crippen LogP contribution in [0.2, 0.25) is 0 Å². The fraction of sp³-hybridized carbons (Fsp3) is 1.00. The molecule has 5 atom stereocenters. The molecule has 3 aliphatic rings. The summed E-state index contributed by atoms with van der Waals surface area (Å²) in [4.78, 5) is 2.26. The van der Waals surface area contributed by atoms with Crippen LogP contribution in [-0.4, -0.2) is 41.3 Å². The summed E-state index contributed by atoms with van der Waals surface area (Å²) >= 11 is 0. The van der Waals surface area contributed by atoms with Crippen LogP contribution in [0.25, 0.3) is 0 Å². The minimum Gasteiger partial charge on any atom is -0.390 e. The summed E-state index contributed by atoms with van der Waals surface area (Å²) in [7, 11) is 2.09. The highest BCUT2D eigenvalue weighted by atomic mass is 16.3. The molecule has 11 heavy (non-hydrogen) atoms. The van der Waals surface area contributed by atoms with Crippen molar-refractivity contribution in [3.8, 4) is 0 Å². The summed E-state index contributed by atoms with van der Waals surface area (Å²) in [6.45, 7) is 1.14. The zero-order valence-electron chi connectivity index (χ0n) is 6.70. The molecule has 3 heteroatoms. The van der Waals surface area contributed by atoms with Crippen molar-refractivity contribution in [3.05, 3.63) is 0 Å². The summed E-state index contributed by atoms with van der Waals surface area (Å²) in [6, 6.07) is 0.388. The number of hydrogen-bond donors (Lipinski definition) is 2. The molecule has 0 aromatic carbocycles. The Morgan fingerprint density at radius 1 is 1.64 bits per heavy atom. The number of likely N-dealkylation sites (tertiary alicyclic amines) is 1. The SMILES string of the molecule is CN1CC2CC3(N)C(O)C1C23. The quantitative estimate of drug-likeness (QED) is 0.471. The molecule has 1 saturated heterocycles. The van der Waals surface area contributed by atoms with Crippen molar-refractivity contribution in [1.29, 1.82) is 0 Å². The van der Waals surface area contributed by atoms with Gasteiger partial charge >= 0.3 is 0 Å². The van der Waals surface area contributed by atoms with Crippen LogP contribution in [-0.2, 0) is 0 Å². The van der Waals surface area contributed by atoms with Crippen LogP contribution < -0.4 is 5.73 Å². The molecule has 3 fully saturated rings. The van der Waals surface area contributed by atoms with Crippen LogP contribution in [0, 0.1) is 11.8 Å². The molecule has 0 amide bonds. The van der Waals surface area contributed by atoms with Gasteiger partial charge in [-0.1, -0.05) is 0 Å². The van der Waals surface area contributed by atoms with E-state index in [2.05, 4.69) is 11.9 Å². The van der Waals surface area contributed by atoms with Crippen molar-refractivity contribution in [2.24, 2.45) is 17.6 Å². The standard InChI is InChI=1S/C8H14N2O/c1-10-3-4-2-8(9)5(4)6(10)7(8)11/h4-7,11H,2-3,9H2,1H3. The Morgan fingerprint density at radius 2 is 2.36 bits per heavy atom. The third-order valence-corrected chi connectivity index (χ3v) is 4.02. The van der Waals surface area contributed by atoms with Crippen LogP contribution in [0.15, 0.2) is 0 Å². The van der Waals surface area contributed by atoms with Gasteiger partial charge in [-0.3, -0.25) is 0 Å². The summed E-state index contributed by atoms with van der Waals surface area (Å²) in [5.41, 5.74) is 5.82. The number of nitrogens with zero attached hydrogens (tertiary/aromatic N) is 1. The van der Waals surface area contributed by atoms with E-state index < -0.39 is 0 Å². The molecule has 1 heterocycles. The molecule has 1 aliphatic heterocycles. The molecular formula is C8H14N2O. The van der Waals surface area contributed by atoms with Crippen LogP contribution in [0.1, 0.15) is 6.42 Å². The Balaban J connectivity index is 1.96. The van der Waals surface area contributed by atoms with E-state index in [0.29, 0.717) is 12.0 Å². The van der Waals surface area contributed by atoms with Crippen molar-refractivity contribution in [2.45, 2.75) is 24.1 Å². The zero-order valence-corrected chi connectivity index (χ0v) is 6.70. The molecule has 2 aliphatic carbocycles. The normalized spacial score (nSPS) is 66.8. The Labute approximate surface area is 66.2 Å². The predicted octanol–water partition coefficient (Wildman–Crippen LogP) is -0.991. The van der Waals surface area contributed by atoms with Gasteiger partial charge in [0.05, 0.1) is 6.10 Å². The van der Waals surface area contributed by atoms with E-state index in [1.165, 1.54) is 0 Å². The maximum Gasteiger partial charge on any atom is 0.0881 e. The maximum absolute atomic E-state index is 9.69. The average Bonchev–Trinajstić information content (AvgIpc) is 2.15. The lowest BCUT2D eigenvalue weighted by Crippen LogP contribution is -2.81. The highest BCUT2D eigenvalue weighted by Crippen LogP contribution is 2.61. The van der Waals surface area contributed by atoms with Gasteiger partial charge < -0.3 is 15.7 Å². The summed E-state index contributed by atoms with van der Waals surface area (Å²) in [6.07, 6.45) is 0.788. The number of aliphatic hydroxyl groups is 1. The first-order valence-electron chi connectivity index (χ1n) is 4.32. The number of hydrogen-bond acceptors (Lipinski definition) is 3. The summed E-state index contributed by atoms with van der Waals surface area (Å²) in [5, 5.41) is 9.69. The van der Waals surface area contributed by atoms with E-state index in [0.717, 1.165) is 18.9 Å². The molecule has 3 nitrogen and oxygen atoms in total. The van der Waals surface area contributed by atoms with Gasteiger partial charge in [0.25, 0.3) is 0 Å². The lowest BCUT2D eigenvalue weighted by Gasteiger charge is -2.64. The van der Waals surface area contributed by atoms with Gasteiger partial charge in [-0.25, -0.2) is 0 Å². The number of nitrogens with two attached hydrogens (primary N) is 1. The molecule has 0 bridgehead atoms. The van der Waals surface area contributed by atoms with E-state index >= 15 is 0 Å². The van der Waals surface area contributed by atoms with E-state index in [1.807, 2.05) is 0 Å². The number of rotatable bonds is 0. The Hall–Kier alpha value is -0.120. The topological polar surface area (TPSA) is 49.5 Å². The van der Waals surface area contributed by atoms with E-state index in [4.69, 9.17) is 5.73 Å². The van der Waals surface area contributed by atoms with Crippen molar-refractivity contribution in [2.75, 3.05) is 13.6 Å². The lowest BCUT2D eigenvalue weighted by atomic mass is 9.46. The second kappa shape index (κ2) is 1.49. The second-order valence-electron chi connectivity index (χ2n) is 4.48. The lowest BCUT2D eigenvalue weighted by molar-refractivity contribution is -0.166. The van der Waals surface area contributed by atoms with Crippen LogP contribution in [0.5, 0.6) is 0 Å². The van der Waals surface area contributed by atoms with Gasteiger partial charge in [0.15, 0.2) is 0 Å². The highest BCUT2D eigenvalue weighted by molar-refractivity contribution is 5.29. The second-order valence-corrected chi connectivity index (χ2v) is 4.48. The van der Waals surface area contributed by atoms with E-state index in [9.17, 15) is 5.11 Å². The molecular weight excluding hydrogens is 140 g/mol. The van der Waals surface area contributed by atoms with Crippen molar-refractivity contribution in [3.63, 3.8) is 0 Å². The molecule has 0 spiro atoms. The Morgan fingerprint density at radius 3 is 3.00 bits per heavy atom. The van der Waals surface area contributed by atoms with E-state index in [1.54, 1.807) is 0 Å². The third-order valence-electron chi connectivity index (χ3n) is 4.02. The molecule has 5 unspecified atom stereocenters. The van der Waals surface area contributed by atoms with Gasteiger partial charge in [0.2, 0.25) is 0 Å². The first-order valence-corrected chi connectivity index (χ1v) is 4.32.